The first-order valence-electron chi connectivity index (χ1n) is 5.31. The van der Waals surface area contributed by atoms with Crippen molar-refractivity contribution >= 4 is 0 Å². The summed E-state index contributed by atoms with van der Waals surface area (Å²) in [5, 5.41) is 0. The molecule has 0 aromatic heterocycles. The molecule has 2 heterocycles. The van der Waals surface area contributed by atoms with Gasteiger partial charge in [0, 0.05) is 0 Å². The largest absolute Gasteiger partial charge is 0.353 e. The smallest absolute Gasteiger partial charge is 0.132 e. The molecule has 0 aromatic carbocycles. The topological polar surface area (TPSA) is 47.3 Å². The highest BCUT2D eigenvalue weighted by atomic mass is 16.5. The third kappa shape index (κ3) is 1.07. The van der Waals surface area contributed by atoms with E-state index in [4.69, 9.17) is 10.6 Å². The molecule has 3 heteroatoms. The average Bonchev–Trinajstić information content (AvgIpc) is 1.99. The first-order chi connectivity index (χ1) is 6.13. The van der Waals surface area contributed by atoms with Gasteiger partial charge in [0.15, 0.2) is 0 Å². The Morgan fingerprint density at radius 2 is 1.85 bits per heavy atom. The van der Waals surface area contributed by atoms with Crippen LogP contribution >= 0.6 is 0 Å². The highest BCUT2D eigenvalue weighted by molar-refractivity contribution is 5.04. The number of hydrazine groups is 1. The molecule has 2 aliphatic carbocycles. The molecule has 0 amide bonds. The van der Waals surface area contributed by atoms with Crippen molar-refractivity contribution in [2.24, 2.45) is 17.7 Å². The van der Waals surface area contributed by atoms with Gasteiger partial charge in [-0.05, 0) is 50.9 Å². The van der Waals surface area contributed by atoms with E-state index in [-0.39, 0.29) is 11.3 Å². The van der Waals surface area contributed by atoms with Gasteiger partial charge in [-0.1, -0.05) is 0 Å². The van der Waals surface area contributed by atoms with Crippen molar-refractivity contribution in [3.05, 3.63) is 0 Å². The SMILES string of the molecule is C[C@]12C[C@H]3C[C@@H](C1)C[C@](NN)(C3)O2. The van der Waals surface area contributed by atoms with Crippen molar-refractivity contribution < 1.29 is 4.74 Å². The van der Waals surface area contributed by atoms with E-state index in [9.17, 15) is 0 Å². The first kappa shape index (κ1) is 8.21. The van der Waals surface area contributed by atoms with Crippen LogP contribution in [0.2, 0.25) is 0 Å². The standard InChI is InChI=1S/C10H18N2O/c1-9-3-7-2-8(4-9)6-10(5-7,12-11)13-9/h7-8,12H,2-6,11H2,1H3/t7-,8+,9+,10+. The van der Waals surface area contributed by atoms with Gasteiger partial charge >= 0.3 is 0 Å². The molecule has 13 heavy (non-hydrogen) atoms. The number of nitrogens with one attached hydrogen (secondary N) is 1. The molecule has 74 valence electrons. The molecule has 4 aliphatic rings. The summed E-state index contributed by atoms with van der Waals surface area (Å²) in [6, 6.07) is 0. The number of ether oxygens (including phenoxy) is 1. The molecule has 3 N–H and O–H groups in total. The van der Waals surface area contributed by atoms with Gasteiger partial charge in [0.2, 0.25) is 0 Å². The number of hydrogen-bond donors (Lipinski definition) is 2. The Morgan fingerprint density at radius 1 is 1.23 bits per heavy atom. The fourth-order valence-corrected chi connectivity index (χ4v) is 4.06. The average molecular weight is 182 g/mol. The Bertz CT molecular complexity index is 227. The lowest BCUT2D eigenvalue weighted by Gasteiger charge is -2.60. The quantitative estimate of drug-likeness (QED) is 0.472. The van der Waals surface area contributed by atoms with Crippen LogP contribution in [0.25, 0.3) is 0 Å². The van der Waals surface area contributed by atoms with E-state index in [2.05, 4.69) is 12.3 Å². The molecular weight excluding hydrogens is 164 g/mol. The van der Waals surface area contributed by atoms with Crippen LogP contribution in [0.15, 0.2) is 0 Å². The van der Waals surface area contributed by atoms with Gasteiger partial charge in [-0.3, -0.25) is 5.84 Å². The number of hydrogen-bond acceptors (Lipinski definition) is 3. The minimum atomic E-state index is -0.168. The van der Waals surface area contributed by atoms with E-state index in [1.165, 1.54) is 19.3 Å². The molecule has 0 radical (unpaired) electrons. The monoisotopic (exact) mass is 182 g/mol. The Hall–Kier alpha value is -0.120. The molecule has 2 saturated heterocycles. The fourth-order valence-electron chi connectivity index (χ4n) is 4.06. The maximum Gasteiger partial charge on any atom is 0.132 e. The molecular formula is C10H18N2O. The number of nitrogens with two attached hydrogens (primary N) is 1. The van der Waals surface area contributed by atoms with E-state index in [0.29, 0.717) is 0 Å². The molecule has 4 atom stereocenters. The predicted molar refractivity (Wildman–Crippen MR) is 49.6 cm³/mol. The zero-order valence-corrected chi connectivity index (χ0v) is 8.18. The van der Waals surface area contributed by atoms with Crippen molar-refractivity contribution in [2.75, 3.05) is 0 Å². The van der Waals surface area contributed by atoms with Crippen molar-refractivity contribution in [1.82, 2.24) is 5.43 Å². The van der Waals surface area contributed by atoms with Crippen LogP contribution in [0, 0.1) is 11.8 Å². The highest BCUT2D eigenvalue weighted by Crippen LogP contribution is 2.56. The molecule has 2 saturated carbocycles. The van der Waals surface area contributed by atoms with Gasteiger partial charge in [-0.2, -0.15) is 0 Å². The van der Waals surface area contributed by atoms with Crippen LogP contribution in [-0.2, 0) is 4.74 Å². The second-order valence-corrected chi connectivity index (χ2v) is 5.47. The Balaban J connectivity index is 1.95. The second kappa shape index (κ2) is 2.27. The van der Waals surface area contributed by atoms with Gasteiger partial charge in [0.1, 0.15) is 5.72 Å². The molecule has 3 nitrogen and oxygen atoms in total. The summed E-state index contributed by atoms with van der Waals surface area (Å²) in [5.74, 6) is 7.31. The molecule has 0 aromatic rings. The summed E-state index contributed by atoms with van der Waals surface area (Å²) in [4.78, 5) is 0. The minimum Gasteiger partial charge on any atom is -0.353 e. The second-order valence-electron chi connectivity index (χ2n) is 5.47. The highest BCUT2D eigenvalue weighted by Gasteiger charge is 2.56. The van der Waals surface area contributed by atoms with Crippen LogP contribution in [0.1, 0.15) is 39.0 Å². The molecule has 0 spiro atoms. The van der Waals surface area contributed by atoms with Gasteiger partial charge in [0.25, 0.3) is 0 Å². The maximum atomic E-state index is 6.11. The van der Waals surface area contributed by atoms with Crippen LogP contribution in [0.3, 0.4) is 0 Å². The summed E-state index contributed by atoms with van der Waals surface area (Å²) < 4.78 is 6.11. The van der Waals surface area contributed by atoms with E-state index < -0.39 is 0 Å². The van der Waals surface area contributed by atoms with Crippen LogP contribution in [0.5, 0.6) is 0 Å². The van der Waals surface area contributed by atoms with E-state index in [1.54, 1.807) is 0 Å². The molecule has 0 unspecified atom stereocenters. The lowest BCUT2D eigenvalue weighted by atomic mass is 9.61. The van der Waals surface area contributed by atoms with Gasteiger partial charge < -0.3 is 4.74 Å². The van der Waals surface area contributed by atoms with Gasteiger partial charge in [-0.25, -0.2) is 5.43 Å². The molecule has 4 rings (SSSR count). The Kier molecular flexibility index (Phi) is 1.43. The lowest BCUT2D eigenvalue weighted by molar-refractivity contribution is -0.279. The molecule has 4 fully saturated rings. The van der Waals surface area contributed by atoms with Crippen molar-refractivity contribution in [3.8, 4) is 0 Å². The van der Waals surface area contributed by atoms with Crippen LogP contribution in [0.4, 0.5) is 0 Å². The van der Waals surface area contributed by atoms with Crippen LogP contribution in [-0.4, -0.2) is 11.3 Å². The normalized spacial score (nSPS) is 58.6. The third-order valence-corrected chi connectivity index (χ3v) is 4.05. The zero-order valence-electron chi connectivity index (χ0n) is 8.18. The predicted octanol–water partition coefficient (Wildman–Crippen LogP) is 1.15. The number of rotatable bonds is 1. The van der Waals surface area contributed by atoms with E-state index in [0.717, 1.165) is 24.7 Å². The Morgan fingerprint density at radius 3 is 2.31 bits per heavy atom. The van der Waals surface area contributed by atoms with E-state index in [1.807, 2.05) is 0 Å². The van der Waals surface area contributed by atoms with Crippen molar-refractivity contribution in [3.63, 3.8) is 0 Å². The maximum absolute atomic E-state index is 6.11. The van der Waals surface area contributed by atoms with Gasteiger partial charge in [-0.15, -0.1) is 0 Å². The Labute approximate surface area is 79.0 Å². The van der Waals surface area contributed by atoms with Crippen molar-refractivity contribution in [1.29, 1.82) is 0 Å². The fraction of sp³-hybridized carbons (Fsp3) is 1.00. The van der Waals surface area contributed by atoms with Crippen LogP contribution < -0.4 is 11.3 Å². The van der Waals surface area contributed by atoms with Gasteiger partial charge in [0.05, 0.1) is 5.60 Å². The van der Waals surface area contributed by atoms with E-state index >= 15 is 0 Å². The molecule has 2 aliphatic heterocycles. The summed E-state index contributed by atoms with van der Waals surface area (Å²) in [5.41, 5.74) is 2.87. The summed E-state index contributed by atoms with van der Waals surface area (Å²) in [7, 11) is 0. The van der Waals surface area contributed by atoms with Crippen molar-refractivity contribution in [2.45, 2.75) is 50.4 Å². The lowest BCUT2D eigenvalue weighted by Crippen LogP contribution is -2.67. The third-order valence-electron chi connectivity index (χ3n) is 4.05. The zero-order chi connectivity index (χ0) is 9.10. The molecule has 4 bridgehead atoms. The summed E-state index contributed by atoms with van der Waals surface area (Å²) in [6.45, 7) is 2.25. The first-order valence-corrected chi connectivity index (χ1v) is 5.31. The summed E-state index contributed by atoms with van der Waals surface area (Å²) >= 11 is 0. The minimum absolute atomic E-state index is 0.121. The summed E-state index contributed by atoms with van der Waals surface area (Å²) in [6.07, 6.45) is 6.13.